The number of carbonyl (C=O) groups excluding carboxylic acids is 1. The van der Waals surface area contributed by atoms with Crippen LogP contribution in [0, 0.1) is 6.92 Å². The summed E-state index contributed by atoms with van der Waals surface area (Å²) in [6, 6.07) is 8.33. The molecular formula is C15H20N2O2. The van der Waals surface area contributed by atoms with E-state index in [1.54, 1.807) is 0 Å². The first-order valence-corrected chi connectivity index (χ1v) is 6.90. The lowest BCUT2D eigenvalue weighted by atomic mass is 9.88. The SMILES string of the molecule is Cc1cccc(CN2C(=O)OCC23CCNCC3)c1. The van der Waals surface area contributed by atoms with E-state index >= 15 is 0 Å². The molecule has 2 saturated heterocycles. The predicted molar refractivity (Wildman–Crippen MR) is 72.9 cm³/mol. The number of hydrogen-bond acceptors (Lipinski definition) is 3. The lowest BCUT2D eigenvalue weighted by Crippen LogP contribution is -2.53. The molecule has 1 spiro atoms. The number of carbonyl (C=O) groups is 1. The first kappa shape index (κ1) is 12.5. The Hall–Kier alpha value is -1.55. The van der Waals surface area contributed by atoms with E-state index in [1.807, 2.05) is 11.0 Å². The smallest absolute Gasteiger partial charge is 0.410 e. The van der Waals surface area contributed by atoms with Gasteiger partial charge in [-0.2, -0.15) is 0 Å². The molecule has 19 heavy (non-hydrogen) atoms. The van der Waals surface area contributed by atoms with Crippen LogP contribution in [-0.2, 0) is 11.3 Å². The van der Waals surface area contributed by atoms with Crippen molar-refractivity contribution < 1.29 is 9.53 Å². The molecule has 102 valence electrons. The maximum atomic E-state index is 12.0. The molecule has 0 saturated carbocycles. The van der Waals surface area contributed by atoms with Gasteiger partial charge in [0, 0.05) is 6.54 Å². The standard InChI is InChI=1S/C15H20N2O2/c1-12-3-2-4-13(9-12)10-17-14(18)19-11-15(17)5-7-16-8-6-15/h2-4,9,16H,5-8,10-11H2,1H3. The highest BCUT2D eigenvalue weighted by Crippen LogP contribution is 2.34. The fourth-order valence-corrected chi connectivity index (χ4v) is 3.08. The summed E-state index contributed by atoms with van der Waals surface area (Å²) < 4.78 is 5.32. The number of nitrogens with one attached hydrogen (secondary N) is 1. The van der Waals surface area contributed by atoms with Gasteiger partial charge in [0.25, 0.3) is 0 Å². The third kappa shape index (κ3) is 2.32. The number of cyclic esters (lactones) is 1. The number of amides is 1. The largest absolute Gasteiger partial charge is 0.447 e. The zero-order valence-electron chi connectivity index (χ0n) is 11.3. The van der Waals surface area contributed by atoms with Gasteiger partial charge in [0.1, 0.15) is 6.61 Å². The summed E-state index contributed by atoms with van der Waals surface area (Å²) in [7, 11) is 0. The van der Waals surface area contributed by atoms with Crippen LogP contribution in [0.15, 0.2) is 24.3 Å². The summed E-state index contributed by atoms with van der Waals surface area (Å²) in [5, 5.41) is 3.35. The summed E-state index contributed by atoms with van der Waals surface area (Å²) in [6.45, 7) is 5.19. The van der Waals surface area contributed by atoms with Crippen LogP contribution in [0.25, 0.3) is 0 Å². The summed E-state index contributed by atoms with van der Waals surface area (Å²) in [4.78, 5) is 14.0. The molecule has 0 bridgehead atoms. The Morgan fingerprint density at radius 1 is 1.37 bits per heavy atom. The minimum Gasteiger partial charge on any atom is -0.447 e. The fraction of sp³-hybridized carbons (Fsp3) is 0.533. The van der Waals surface area contributed by atoms with E-state index in [4.69, 9.17) is 4.74 Å². The molecule has 2 fully saturated rings. The highest BCUT2D eigenvalue weighted by atomic mass is 16.6. The average Bonchev–Trinajstić information content (AvgIpc) is 2.69. The number of nitrogens with zero attached hydrogens (tertiary/aromatic N) is 1. The molecule has 0 aliphatic carbocycles. The normalized spacial score (nSPS) is 21.7. The van der Waals surface area contributed by atoms with Gasteiger partial charge >= 0.3 is 6.09 Å². The van der Waals surface area contributed by atoms with E-state index in [-0.39, 0.29) is 11.6 Å². The molecule has 3 rings (SSSR count). The number of aryl methyl sites for hydroxylation is 1. The first-order valence-electron chi connectivity index (χ1n) is 6.90. The molecule has 1 N–H and O–H groups in total. The van der Waals surface area contributed by atoms with Crippen molar-refractivity contribution in [3.63, 3.8) is 0 Å². The van der Waals surface area contributed by atoms with Crippen LogP contribution in [0.3, 0.4) is 0 Å². The Morgan fingerprint density at radius 3 is 2.89 bits per heavy atom. The van der Waals surface area contributed by atoms with Crippen molar-refractivity contribution >= 4 is 6.09 Å². The Kier molecular flexibility index (Phi) is 3.19. The molecule has 2 aliphatic rings. The monoisotopic (exact) mass is 260 g/mol. The van der Waals surface area contributed by atoms with Gasteiger partial charge in [-0.25, -0.2) is 4.79 Å². The van der Waals surface area contributed by atoms with Crippen molar-refractivity contribution in [3.05, 3.63) is 35.4 Å². The third-order valence-electron chi connectivity index (χ3n) is 4.21. The second kappa shape index (κ2) is 4.85. The number of benzene rings is 1. The van der Waals surface area contributed by atoms with Gasteiger partial charge in [-0.05, 0) is 38.4 Å². The fourth-order valence-electron chi connectivity index (χ4n) is 3.08. The predicted octanol–water partition coefficient (Wildman–Crippen LogP) is 2.07. The average molecular weight is 260 g/mol. The molecule has 1 aromatic carbocycles. The second-order valence-electron chi connectivity index (χ2n) is 5.60. The highest BCUT2D eigenvalue weighted by Gasteiger charge is 2.47. The van der Waals surface area contributed by atoms with Crippen molar-refractivity contribution in [2.24, 2.45) is 0 Å². The Morgan fingerprint density at radius 2 is 2.16 bits per heavy atom. The van der Waals surface area contributed by atoms with Gasteiger partial charge in [-0.15, -0.1) is 0 Å². The minimum absolute atomic E-state index is 0.0912. The van der Waals surface area contributed by atoms with Crippen LogP contribution in [0.2, 0.25) is 0 Å². The van der Waals surface area contributed by atoms with E-state index in [1.165, 1.54) is 11.1 Å². The molecule has 0 unspecified atom stereocenters. The summed E-state index contributed by atoms with van der Waals surface area (Å²) in [5.41, 5.74) is 2.31. The summed E-state index contributed by atoms with van der Waals surface area (Å²) in [5.74, 6) is 0. The van der Waals surface area contributed by atoms with E-state index in [2.05, 4.69) is 30.4 Å². The number of hydrogen-bond donors (Lipinski definition) is 1. The van der Waals surface area contributed by atoms with Gasteiger partial charge < -0.3 is 10.1 Å². The van der Waals surface area contributed by atoms with Crippen LogP contribution in [0.4, 0.5) is 4.79 Å². The summed E-state index contributed by atoms with van der Waals surface area (Å²) in [6.07, 6.45) is 1.79. The summed E-state index contributed by atoms with van der Waals surface area (Å²) >= 11 is 0. The number of ether oxygens (including phenoxy) is 1. The molecule has 2 heterocycles. The maximum absolute atomic E-state index is 12.0. The van der Waals surface area contributed by atoms with E-state index in [0.717, 1.165) is 25.9 Å². The van der Waals surface area contributed by atoms with Gasteiger partial charge in [0.05, 0.1) is 5.54 Å². The third-order valence-corrected chi connectivity index (χ3v) is 4.21. The van der Waals surface area contributed by atoms with Crippen LogP contribution in [0.5, 0.6) is 0 Å². The van der Waals surface area contributed by atoms with Crippen molar-refractivity contribution in [3.8, 4) is 0 Å². The molecule has 1 aromatic rings. The highest BCUT2D eigenvalue weighted by molar-refractivity contribution is 5.71. The van der Waals surface area contributed by atoms with E-state index in [9.17, 15) is 4.79 Å². The van der Waals surface area contributed by atoms with E-state index in [0.29, 0.717) is 13.2 Å². The number of piperidine rings is 1. The molecule has 0 aromatic heterocycles. The van der Waals surface area contributed by atoms with Gasteiger partial charge in [-0.1, -0.05) is 29.8 Å². The van der Waals surface area contributed by atoms with Crippen LogP contribution >= 0.6 is 0 Å². The van der Waals surface area contributed by atoms with Crippen molar-refractivity contribution in [2.45, 2.75) is 31.8 Å². The van der Waals surface area contributed by atoms with Gasteiger partial charge in [0.2, 0.25) is 0 Å². The maximum Gasteiger partial charge on any atom is 0.410 e. The number of rotatable bonds is 2. The lowest BCUT2D eigenvalue weighted by molar-refractivity contribution is 0.119. The van der Waals surface area contributed by atoms with Gasteiger partial charge in [-0.3, -0.25) is 4.90 Å². The quantitative estimate of drug-likeness (QED) is 0.885. The molecule has 1 amide bonds. The molecular weight excluding hydrogens is 240 g/mol. The zero-order valence-corrected chi connectivity index (χ0v) is 11.3. The molecule has 4 heteroatoms. The van der Waals surface area contributed by atoms with Gasteiger partial charge in [0.15, 0.2) is 0 Å². The van der Waals surface area contributed by atoms with Crippen molar-refractivity contribution in [2.75, 3.05) is 19.7 Å². The second-order valence-corrected chi connectivity index (χ2v) is 5.60. The van der Waals surface area contributed by atoms with E-state index < -0.39 is 0 Å². The van der Waals surface area contributed by atoms with Crippen LogP contribution < -0.4 is 5.32 Å². The molecule has 4 nitrogen and oxygen atoms in total. The molecule has 2 aliphatic heterocycles. The Balaban J connectivity index is 1.82. The topological polar surface area (TPSA) is 41.6 Å². The van der Waals surface area contributed by atoms with Crippen LogP contribution in [-0.4, -0.2) is 36.2 Å². The first-order chi connectivity index (χ1) is 9.20. The zero-order chi connectivity index (χ0) is 13.3. The molecule has 0 radical (unpaired) electrons. The van der Waals surface area contributed by atoms with Crippen LogP contribution in [0.1, 0.15) is 24.0 Å². The lowest BCUT2D eigenvalue weighted by Gasteiger charge is -2.38. The molecule has 0 atom stereocenters. The Labute approximate surface area is 113 Å². The minimum atomic E-state index is -0.164. The van der Waals surface area contributed by atoms with Crippen molar-refractivity contribution in [1.82, 2.24) is 10.2 Å². The van der Waals surface area contributed by atoms with Crippen molar-refractivity contribution in [1.29, 1.82) is 0 Å². The Bertz CT molecular complexity index is 481.